The van der Waals surface area contributed by atoms with E-state index in [0.717, 1.165) is 5.56 Å². The van der Waals surface area contributed by atoms with Crippen LogP contribution in [-0.4, -0.2) is 18.9 Å². The summed E-state index contributed by atoms with van der Waals surface area (Å²) in [4.78, 5) is 11.2. The molecule has 0 heterocycles. The van der Waals surface area contributed by atoms with Crippen LogP contribution in [0.5, 0.6) is 0 Å². The minimum absolute atomic E-state index is 0.0423. The van der Waals surface area contributed by atoms with E-state index in [1.165, 1.54) is 0 Å². The maximum absolute atomic E-state index is 11.2. The van der Waals surface area contributed by atoms with E-state index >= 15 is 0 Å². The second kappa shape index (κ2) is 5.32. The van der Waals surface area contributed by atoms with E-state index < -0.39 is 0 Å². The molecule has 1 rings (SSSR count). The Kier molecular flexibility index (Phi) is 4.04. The molecule has 0 saturated carbocycles. The molecule has 0 unspecified atom stereocenters. The number of nitrogens with two attached hydrogens (primary N) is 2. The molecule has 0 radical (unpaired) electrons. The number of hydrogen-bond donors (Lipinski definition) is 2. The molecule has 0 amide bonds. The van der Waals surface area contributed by atoms with Gasteiger partial charge < -0.3 is 11.5 Å². The van der Waals surface area contributed by atoms with E-state index in [2.05, 4.69) is 0 Å². The molecule has 4 N–H and O–H groups in total. The van der Waals surface area contributed by atoms with Gasteiger partial charge in [0.15, 0.2) is 5.78 Å². The highest BCUT2D eigenvalue weighted by Crippen LogP contribution is 2.06. The van der Waals surface area contributed by atoms with Crippen LogP contribution >= 0.6 is 0 Å². The topological polar surface area (TPSA) is 69.1 Å². The van der Waals surface area contributed by atoms with Gasteiger partial charge in [0.1, 0.15) is 0 Å². The van der Waals surface area contributed by atoms with Crippen LogP contribution in [0, 0.1) is 0 Å². The molecule has 1 aromatic rings. The van der Waals surface area contributed by atoms with Crippen LogP contribution < -0.4 is 11.5 Å². The summed E-state index contributed by atoms with van der Waals surface area (Å²) in [6.45, 7) is 0.571. The lowest BCUT2D eigenvalue weighted by Crippen LogP contribution is -2.13. The van der Waals surface area contributed by atoms with Crippen molar-refractivity contribution >= 4 is 11.9 Å². The summed E-state index contributed by atoms with van der Waals surface area (Å²) in [6.07, 6.45) is 3.77. The molecule has 0 atom stereocenters. The zero-order chi connectivity index (χ0) is 10.4. The van der Waals surface area contributed by atoms with E-state index in [1.54, 1.807) is 12.1 Å². The lowest BCUT2D eigenvalue weighted by atomic mass is 10.1. The summed E-state index contributed by atoms with van der Waals surface area (Å²) < 4.78 is 0. The third-order valence-corrected chi connectivity index (χ3v) is 1.86. The van der Waals surface area contributed by atoms with E-state index in [-0.39, 0.29) is 12.3 Å². The van der Waals surface area contributed by atoms with Crippen molar-refractivity contribution in [3.05, 3.63) is 41.5 Å². The molecule has 0 bridgehead atoms. The van der Waals surface area contributed by atoms with E-state index in [4.69, 9.17) is 11.5 Å². The van der Waals surface area contributed by atoms with Gasteiger partial charge in [-0.05, 0) is 5.56 Å². The highest BCUT2D eigenvalue weighted by molar-refractivity contribution is 5.97. The van der Waals surface area contributed by atoms with Gasteiger partial charge in [0.2, 0.25) is 0 Å². The molecule has 74 valence electrons. The van der Waals surface area contributed by atoms with Crippen molar-refractivity contribution in [1.29, 1.82) is 0 Å². The van der Waals surface area contributed by atoms with Gasteiger partial charge in [0.05, 0.1) is 6.54 Å². The molecular formula is C11H14N2O. The Morgan fingerprint density at radius 3 is 2.36 bits per heavy atom. The minimum Gasteiger partial charge on any atom is -0.327 e. The van der Waals surface area contributed by atoms with Crippen molar-refractivity contribution in [2.45, 2.75) is 0 Å². The van der Waals surface area contributed by atoms with Gasteiger partial charge in [-0.15, -0.1) is 0 Å². The first-order valence-electron chi connectivity index (χ1n) is 4.48. The molecule has 0 saturated heterocycles. The number of carbonyl (C=O) groups is 1. The zero-order valence-electron chi connectivity index (χ0n) is 7.94. The van der Waals surface area contributed by atoms with Gasteiger partial charge in [-0.3, -0.25) is 4.79 Å². The lowest BCUT2D eigenvalue weighted by molar-refractivity contribution is 0.100. The van der Waals surface area contributed by atoms with Gasteiger partial charge in [0.25, 0.3) is 0 Å². The van der Waals surface area contributed by atoms with Crippen LogP contribution in [0.2, 0.25) is 0 Å². The quantitative estimate of drug-likeness (QED) is 0.690. The van der Waals surface area contributed by atoms with Crippen molar-refractivity contribution in [2.75, 3.05) is 13.1 Å². The molecule has 0 fully saturated rings. The molecule has 3 nitrogen and oxygen atoms in total. The Hall–Kier alpha value is -1.45. The maximum atomic E-state index is 11.2. The van der Waals surface area contributed by atoms with Crippen LogP contribution in [0.25, 0.3) is 6.08 Å². The van der Waals surface area contributed by atoms with Gasteiger partial charge in [-0.1, -0.05) is 36.4 Å². The van der Waals surface area contributed by atoms with Crippen molar-refractivity contribution in [2.24, 2.45) is 11.5 Å². The van der Waals surface area contributed by atoms with Crippen LogP contribution in [-0.2, 0) is 0 Å². The highest BCUT2D eigenvalue weighted by atomic mass is 16.1. The largest absolute Gasteiger partial charge is 0.327 e. The van der Waals surface area contributed by atoms with E-state index in [1.807, 2.05) is 24.3 Å². The second-order valence-electron chi connectivity index (χ2n) is 2.89. The Morgan fingerprint density at radius 1 is 1.21 bits per heavy atom. The van der Waals surface area contributed by atoms with Crippen molar-refractivity contribution < 1.29 is 4.79 Å². The fourth-order valence-corrected chi connectivity index (χ4v) is 1.10. The normalized spacial score (nSPS) is 10.7. The summed E-state index contributed by atoms with van der Waals surface area (Å²) in [6, 6.07) is 7.28. The third-order valence-electron chi connectivity index (χ3n) is 1.86. The number of Topliss-reactive ketones (excluding diaryl/α,β-unsaturated/α-hetero) is 1. The molecule has 0 aliphatic carbocycles. The fraction of sp³-hybridized carbons (Fsp3) is 0.182. The van der Waals surface area contributed by atoms with E-state index in [9.17, 15) is 4.79 Å². The Labute approximate surface area is 83.4 Å². The van der Waals surface area contributed by atoms with Crippen LogP contribution in [0.1, 0.15) is 15.9 Å². The smallest absolute Gasteiger partial charge is 0.176 e. The molecular weight excluding hydrogens is 176 g/mol. The lowest BCUT2D eigenvalue weighted by Gasteiger charge is -1.98. The predicted octanol–water partition coefficient (Wildman–Crippen LogP) is 0.800. The van der Waals surface area contributed by atoms with E-state index in [0.29, 0.717) is 12.1 Å². The Morgan fingerprint density at radius 2 is 1.86 bits per heavy atom. The number of benzene rings is 1. The monoisotopic (exact) mass is 190 g/mol. The second-order valence-corrected chi connectivity index (χ2v) is 2.89. The summed E-state index contributed by atoms with van der Waals surface area (Å²) in [5.41, 5.74) is 12.2. The highest BCUT2D eigenvalue weighted by Gasteiger charge is 2.00. The van der Waals surface area contributed by atoms with Gasteiger partial charge in [-0.25, -0.2) is 0 Å². The molecule has 14 heavy (non-hydrogen) atoms. The third kappa shape index (κ3) is 2.80. The number of hydrogen-bond acceptors (Lipinski definition) is 3. The Balaban J connectivity index is 2.78. The van der Waals surface area contributed by atoms with Crippen LogP contribution in [0.3, 0.4) is 0 Å². The average molecular weight is 190 g/mol. The predicted molar refractivity (Wildman–Crippen MR) is 57.9 cm³/mol. The van der Waals surface area contributed by atoms with Crippen LogP contribution in [0.15, 0.2) is 30.3 Å². The summed E-state index contributed by atoms with van der Waals surface area (Å²) in [5.74, 6) is -0.0423. The zero-order valence-corrected chi connectivity index (χ0v) is 7.94. The molecule has 3 heteroatoms. The molecule has 0 aromatic heterocycles. The Bertz CT molecular complexity index is 328. The number of carbonyl (C=O) groups excluding carboxylic acids is 1. The molecule has 1 aromatic carbocycles. The van der Waals surface area contributed by atoms with Gasteiger partial charge >= 0.3 is 0 Å². The van der Waals surface area contributed by atoms with Crippen LogP contribution in [0.4, 0.5) is 0 Å². The number of rotatable bonds is 4. The summed E-state index contributed by atoms with van der Waals surface area (Å²) in [5, 5.41) is 0. The average Bonchev–Trinajstić information content (AvgIpc) is 2.26. The fourth-order valence-electron chi connectivity index (χ4n) is 1.10. The first-order chi connectivity index (χ1) is 6.77. The number of ketones is 1. The molecule has 0 spiro atoms. The van der Waals surface area contributed by atoms with Crippen molar-refractivity contribution in [3.63, 3.8) is 0 Å². The first kappa shape index (κ1) is 10.6. The van der Waals surface area contributed by atoms with Gasteiger partial charge in [-0.2, -0.15) is 0 Å². The standard InChI is InChI=1S/C11H14N2O/c12-7-1-2-9-3-5-10(6-4-9)11(14)8-13/h1-6H,7-8,12-13H2. The van der Waals surface area contributed by atoms with Gasteiger partial charge in [0, 0.05) is 12.1 Å². The summed E-state index contributed by atoms with van der Waals surface area (Å²) >= 11 is 0. The first-order valence-corrected chi connectivity index (χ1v) is 4.48. The maximum Gasteiger partial charge on any atom is 0.176 e. The van der Waals surface area contributed by atoms with Crippen molar-refractivity contribution in [3.8, 4) is 0 Å². The SMILES string of the molecule is NCC=Cc1ccc(C(=O)CN)cc1. The molecule has 0 aliphatic heterocycles. The minimum atomic E-state index is -0.0423. The van der Waals surface area contributed by atoms with Crippen molar-refractivity contribution in [1.82, 2.24) is 0 Å². The summed E-state index contributed by atoms with van der Waals surface area (Å²) in [7, 11) is 0. The molecule has 0 aliphatic rings.